The first-order chi connectivity index (χ1) is 9.27. The largest absolute Gasteiger partial charge is 0.397 e. The van der Waals surface area contributed by atoms with Gasteiger partial charge in [-0.25, -0.2) is 4.18 Å². The van der Waals surface area contributed by atoms with Crippen LogP contribution >= 0.6 is 0 Å². The summed E-state index contributed by atoms with van der Waals surface area (Å²) in [7, 11) is 0.00590. The molecule has 0 amide bonds. The van der Waals surface area contributed by atoms with Gasteiger partial charge in [0.25, 0.3) is 0 Å². The normalized spacial score (nSPS) is 12.8. The van der Waals surface area contributed by atoms with Crippen LogP contribution in [0.25, 0.3) is 0 Å². The molecular weight excluding hydrogens is 278 g/mol. The van der Waals surface area contributed by atoms with Crippen LogP contribution in [0.15, 0.2) is 0 Å². The quantitative estimate of drug-likeness (QED) is 0.323. The van der Waals surface area contributed by atoms with E-state index in [9.17, 15) is 8.42 Å². The molecule has 0 fully saturated rings. The third kappa shape index (κ3) is 14.2. The molecule has 0 aromatic carbocycles. The Hall–Kier alpha value is -0.170. The molecule has 0 saturated carbocycles. The molecule has 0 radical (unpaired) electrons. The van der Waals surface area contributed by atoms with E-state index in [0.29, 0.717) is 6.42 Å². The first-order valence-corrected chi connectivity index (χ1v) is 9.07. The minimum absolute atomic E-state index is 0.0531. The minimum Gasteiger partial charge on any atom is -0.328 e. The highest BCUT2D eigenvalue weighted by Gasteiger charge is 2.14. The number of unbranched alkanes of at least 4 members (excludes halogenated alkanes) is 6. The molecule has 0 aromatic rings. The van der Waals surface area contributed by atoms with Gasteiger partial charge in [0.05, 0.1) is 33.8 Å². The summed E-state index contributed by atoms with van der Waals surface area (Å²) in [4.78, 5) is 0. The van der Waals surface area contributed by atoms with E-state index in [1.54, 1.807) is 0 Å². The molecule has 0 aliphatic carbocycles. The van der Waals surface area contributed by atoms with E-state index in [1.165, 1.54) is 44.9 Å². The molecule has 0 aromatic heterocycles. The van der Waals surface area contributed by atoms with Crippen LogP contribution in [0.1, 0.15) is 58.3 Å². The highest BCUT2D eigenvalue weighted by molar-refractivity contribution is 7.80. The van der Waals surface area contributed by atoms with Crippen LogP contribution in [-0.2, 0) is 14.6 Å². The molecule has 5 nitrogen and oxygen atoms in total. The summed E-state index contributed by atoms with van der Waals surface area (Å²) < 4.78 is 34.4. The maximum atomic E-state index is 10.4. The highest BCUT2D eigenvalue weighted by atomic mass is 32.3. The van der Waals surface area contributed by atoms with Gasteiger partial charge >= 0.3 is 10.4 Å². The van der Waals surface area contributed by atoms with Crippen LogP contribution < -0.4 is 0 Å². The maximum absolute atomic E-state index is 10.4. The molecule has 122 valence electrons. The number of rotatable bonds is 13. The van der Waals surface area contributed by atoms with Crippen molar-refractivity contribution >= 4 is 10.4 Å². The first-order valence-electron chi connectivity index (χ1n) is 7.71. The third-order valence-corrected chi connectivity index (χ3v) is 3.97. The maximum Gasteiger partial charge on any atom is 0.397 e. The molecule has 0 aliphatic heterocycles. The lowest BCUT2D eigenvalue weighted by Crippen LogP contribution is -2.41. The van der Waals surface area contributed by atoms with E-state index in [4.69, 9.17) is 4.55 Å². The van der Waals surface area contributed by atoms with Crippen molar-refractivity contribution in [2.45, 2.75) is 58.3 Å². The molecule has 0 heterocycles. The zero-order chi connectivity index (χ0) is 15.5. The molecule has 6 heteroatoms. The summed E-state index contributed by atoms with van der Waals surface area (Å²) in [5, 5.41) is 0. The summed E-state index contributed by atoms with van der Waals surface area (Å²) in [5.74, 6) is 0. The standard InChI is InChI=1S/C14H31NO4S/c1-4-5-6-7-8-9-10-12-15(2,3)13-11-14-19-20(16,17)18/h4-14H2,1-3H3/p+1. The van der Waals surface area contributed by atoms with Crippen molar-refractivity contribution < 1.29 is 21.6 Å². The zero-order valence-corrected chi connectivity index (χ0v) is 14.1. The molecule has 0 bridgehead atoms. The fraction of sp³-hybridized carbons (Fsp3) is 1.00. The number of quaternary nitrogens is 1. The van der Waals surface area contributed by atoms with Crippen LogP contribution in [-0.4, -0.2) is 51.2 Å². The van der Waals surface area contributed by atoms with Crippen molar-refractivity contribution in [3.8, 4) is 0 Å². The summed E-state index contributed by atoms with van der Waals surface area (Å²) in [6.07, 6.45) is 9.73. The van der Waals surface area contributed by atoms with E-state index >= 15 is 0 Å². The third-order valence-electron chi connectivity index (χ3n) is 3.51. The Morgan fingerprint density at radius 2 is 1.40 bits per heavy atom. The number of nitrogens with zero attached hydrogens (tertiary/aromatic N) is 1. The molecule has 0 saturated heterocycles. The van der Waals surface area contributed by atoms with Crippen LogP contribution in [0.3, 0.4) is 0 Å². The SMILES string of the molecule is CCCCCCCCC[N+](C)(C)CCCOS(=O)(=O)O. The first kappa shape index (κ1) is 19.8. The molecule has 20 heavy (non-hydrogen) atoms. The van der Waals surface area contributed by atoms with E-state index in [1.807, 2.05) is 0 Å². The molecule has 1 N–H and O–H groups in total. The van der Waals surface area contributed by atoms with Gasteiger partial charge in [-0.05, 0) is 12.8 Å². The lowest BCUT2D eigenvalue weighted by atomic mass is 10.1. The number of hydrogen-bond donors (Lipinski definition) is 1. The van der Waals surface area contributed by atoms with Crippen molar-refractivity contribution in [1.82, 2.24) is 0 Å². The predicted octanol–water partition coefficient (Wildman–Crippen LogP) is 3.02. The Bertz CT molecular complexity index is 328. The van der Waals surface area contributed by atoms with Crippen molar-refractivity contribution in [1.29, 1.82) is 0 Å². The Kier molecular flexibility index (Phi) is 10.5. The van der Waals surface area contributed by atoms with E-state index in [0.717, 1.165) is 17.6 Å². The van der Waals surface area contributed by atoms with Gasteiger partial charge in [-0.3, -0.25) is 4.55 Å². The summed E-state index contributed by atoms with van der Waals surface area (Å²) in [6, 6.07) is 0. The van der Waals surface area contributed by atoms with Crippen LogP contribution in [0.5, 0.6) is 0 Å². The van der Waals surface area contributed by atoms with Gasteiger partial charge in [-0.2, -0.15) is 8.42 Å². The van der Waals surface area contributed by atoms with Gasteiger partial charge < -0.3 is 4.48 Å². The van der Waals surface area contributed by atoms with Crippen LogP contribution in [0.2, 0.25) is 0 Å². The fourth-order valence-corrected chi connectivity index (χ4v) is 2.59. The van der Waals surface area contributed by atoms with Crippen LogP contribution in [0.4, 0.5) is 0 Å². The second kappa shape index (κ2) is 10.5. The van der Waals surface area contributed by atoms with Gasteiger partial charge in [0, 0.05) is 6.42 Å². The second-order valence-electron chi connectivity index (χ2n) is 6.11. The Morgan fingerprint density at radius 3 is 1.95 bits per heavy atom. The lowest BCUT2D eigenvalue weighted by molar-refractivity contribution is -0.890. The summed E-state index contributed by atoms with van der Waals surface area (Å²) in [5.41, 5.74) is 0. The zero-order valence-electron chi connectivity index (χ0n) is 13.3. The second-order valence-corrected chi connectivity index (χ2v) is 7.20. The smallest absolute Gasteiger partial charge is 0.328 e. The predicted molar refractivity (Wildman–Crippen MR) is 82.0 cm³/mol. The Labute approximate surface area is 124 Å². The Morgan fingerprint density at radius 1 is 0.900 bits per heavy atom. The van der Waals surface area contributed by atoms with Crippen molar-refractivity contribution in [3.05, 3.63) is 0 Å². The highest BCUT2D eigenvalue weighted by Crippen LogP contribution is 2.09. The van der Waals surface area contributed by atoms with Crippen molar-refractivity contribution in [2.24, 2.45) is 0 Å². The van der Waals surface area contributed by atoms with Gasteiger partial charge in [0.15, 0.2) is 0 Å². The van der Waals surface area contributed by atoms with Crippen LogP contribution in [0, 0.1) is 0 Å². The molecule has 0 aliphatic rings. The van der Waals surface area contributed by atoms with Gasteiger partial charge in [-0.1, -0.05) is 39.0 Å². The summed E-state index contributed by atoms with van der Waals surface area (Å²) in [6.45, 7) is 4.23. The van der Waals surface area contributed by atoms with Crippen molar-refractivity contribution in [3.63, 3.8) is 0 Å². The molecule has 0 atom stereocenters. The average molecular weight is 310 g/mol. The molecule has 0 spiro atoms. The van der Waals surface area contributed by atoms with Crippen molar-refractivity contribution in [2.75, 3.05) is 33.8 Å². The van der Waals surface area contributed by atoms with Gasteiger partial charge in [0.2, 0.25) is 0 Å². The van der Waals surface area contributed by atoms with Gasteiger partial charge in [0.1, 0.15) is 0 Å². The molecular formula is C14H32NO4S+. The van der Waals surface area contributed by atoms with E-state index in [2.05, 4.69) is 25.2 Å². The molecule has 0 unspecified atom stereocenters. The molecule has 0 rings (SSSR count). The number of hydrogen-bond acceptors (Lipinski definition) is 3. The lowest BCUT2D eigenvalue weighted by Gasteiger charge is -2.29. The Balaban J connectivity index is 3.54. The fourth-order valence-electron chi connectivity index (χ4n) is 2.27. The van der Waals surface area contributed by atoms with Gasteiger partial charge in [-0.15, -0.1) is 0 Å². The summed E-state index contributed by atoms with van der Waals surface area (Å²) >= 11 is 0. The van der Waals surface area contributed by atoms with E-state index < -0.39 is 10.4 Å². The van der Waals surface area contributed by atoms with E-state index in [-0.39, 0.29) is 6.61 Å². The monoisotopic (exact) mass is 310 g/mol. The topological polar surface area (TPSA) is 63.6 Å². The average Bonchev–Trinajstić information content (AvgIpc) is 2.32. The minimum atomic E-state index is -4.28.